The highest BCUT2D eigenvalue weighted by atomic mass is 127. The van der Waals surface area contributed by atoms with Gasteiger partial charge in [0.25, 0.3) is 0 Å². The molecule has 1 heterocycles. The molecule has 0 atom stereocenters. The van der Waals surface area contributed by atoms with Gasteiger partial charge in [-0.05, 0) is 59.0 Å². The molecule has 0 spiro atoms. The van der Waals surface area contributed by atoms with Crippen LogP contribution in [0.1, 0.15) is 47.0 Å². The Morgan fingerprint density at radius 2 is 1.69 bits per heavy atom. The molecule has 1 aliphatic rings. The molecule has 154 valence electrons. The Morgan fingerprint density at radius 1 is 1.12 bits per heavy atom. The lowest BCUT2D eigenvalue weighted by molar-refractivity contribution is 0.0527. The third kappa shape index (κ3) is 12.6. The lowest BCUT2D eigenvalue weighted by atomic mass is 9.99. The van der Waals surface area contributed by atoms with E-state index in [9.17, 15) is 4.79 Å². The van der Waals surface area contributed by atoms with Gasteiger partial charge in [-0.3, -0.25) is 4.99 Å². The predicted octanol–water partition coefficient (Wildman–Crippen LogP) is 2.42. The van der Waals surface area contributed by atoms with Crippen LogP contribution in [0.15, 0.2) is 4.99 Å². The summed E-state index contributed by atoms with van der Waals surface area (Å²) in [7, 11) is 1.77. The van der Waals surface area contributed by atoms with Crippen LogP contribution < -0.4 is 16.0 Å². The molecule has 1 amide bonds. The molecule has 7 nitrogen and oxygen atoms in total. The Hall–Kier alpha value is -0.770. The average molecular weight is 483 g/mol. The standard InChI is InChI=1S/C18H37N5O2.HI/c1-15-7-12-23(13-8-15)14-11-21-16(19-5)20-9-6-10-22-17(24)25-18(2,3)4;/h15H,6-14H2,1-5H3,(H,22,24)(H2,19,20,21);1H. The highest BCUT2D eigenvalue weighted by molar-refractivity contribution is 14.0. The molecule has 0 bridgehead atoms. The van der Waals surface area contributed by atoms with E-state index in [0.29, 0.717) is 6.54 Å². The number of alkyl carbamates (subject to hydrolysis) is 1. The number of hydrogen-bond donors (Lipinski definition) is 3. The first-order valence-corrected chi connectivity index (χ1v) is 9.44. The number of rotatable bonds is 7. The second kappa shape index (κ2) is 13.4. The van der Waals surface area contributed by atoms with E-state index >= 15 is 0 Å². The van der Waals surface area contributed by atoms with Gasteiger partial charge in [-0.2, -0.15) is 0 Å². The second-order valence-electron chi connectivity index (χ2n) is 7.73. The van der Waals surface area contributed by atoms with Gasteiger partial charge in [0.2, 0.25) is 0 Å². The van der Waals surface area contributed by atoms with E-state index in [4.69, 9.17) is 4.74 Å². The summed E-state index contributed by atoms with van der Waals surface area (Å²) in [5.74, 6) is 1.68. The quantitative estimate of drug-likeness (QED) is 0.225. The first kappa shape index (κ1) is 25.2. The van der Waals surface area contributed by atoms with Gasteiger partial charge in [-0.25, -0.2) is 4.79 Å². The number of carbonyl (C=O) groups is 1. The summed E-state index contributed by atoms with van der Waals surface area (Å²) in [6.45, 7) is 13.6. The van der Waals surface area contributed by atoms with Crippen molar-refractivity contribution >= 4 is 36.0 Å². The molecule has 1 saturated heterocycles. The van der Waals surface area contributed by atoms with Crippen LogP contribution in [0, 0.1) is 5.92 Å². The number of likely N-dealkylation sites (tertiary alicyclic amines) is 1. The van der Waals surface area contributed by atoms with Crippen molar-refractivity contribution < 1.29 is 9.53 Å². The number of nitrogens with zero attached hydrogens (tertiary/aromatic N) is 2. The van der Waals surface area contributed by atoms with Crippen molar-refractivity contribution in [2.24, 2.45) is 10.9 Å². The van der Waals surface area contributed by atoms with Crippen LogP contribution in [-0.2, 0) is 4.74 Å². The van der Waals surface area contributed by atoms with Crippen LogP contribution in [0.5, 0.6) is 0 Å². The fraction of sp³-hybridized carbons (Fsp3) is 0.889. The van der Waals surface area contributed by atoms with E-state index in [-0.39, 0.29) is 30.1 Å². The Bertz CT molecular complexity index is 418. The monoisotopic (exact) mass is 483 g/mol. The van der Waals surface area contributed by atoms with Gasteiger partial charge in [-0.1, -0.05) is 6.92 Å². The van der Waals surface area contributed by atoms with E-state index in [1.54, 1.807) is 7.05 Å². The molecule has 1 fully saturated rings. The van der Waals surface area contributed by atoms with Crippen molar-refractivity contribution in [3.8, 4) is 0 Å². The van der Waals surface area contributed by atoms with E-state index in [2.05, 4.69) is 32.8 Å². The maximum absolute atomic E-state index is 11.5. The number of carbonyl (C=O) groups excluding carboxylic acids is 1. The molecule has 26 heavy (non-hydrogen) atoms. The molecular weight excluding hydrogens is 445 g/mol. The summed E-state index contributed by atoms with van der Waals surface area (Å²) >= 11 is 0. The largest absolute Gasteiger partial charge is 0.444 e. The molecule has 1 aliphatic heterocycles. The maximum Gasteiger partial charge on any atom is 0.407 e. The van der Waals surface area contributed by atoms with Gasteiger partial charge in [0.1, 0.15) is 5.60 Å². The highest BCUT2D eigenvalue weighted by Gasteiger charge is 2.16. The molecule has 0 aromatic rings. The topological polar surface area (TPSA) is 78.0 Å². The number of hydrogen-bond acceptors (Lipinski definition) is 4. The molecule has 0 aromatic carbocycles. The summed E-state index contributed by atoms with van der Waals surface area (Å²) in [6.07, 6.45) is 3.05. The van der Waals surface area contributed by atoms with Gasteiger partial charge in [-0.15, -0.1) is 24.0 Å². The fourth-order valence-electron chi connectivity index (χ4n) is 2.64. The van der Waals surface area contributed by atoms with Gasteiger partial charge in [0.15, 0.2) is 5.96 Å². The van der Waals surface area contributed by atoms with Crippen LogP contribution in [0.4, 0.5) is 4.79 Å². The first-order chi connectivity index (χ1) is 11.8. The Balaban J connectivity index is 0.00000625. The number of nitrogens with one attached hydrogen (secondary N) is 3. The van der Waals surface area contributed by atoms with Gasteiger partial charge < -0.3 is 25.6 Å². The van der Waals surface area contributed by atoms with Crippen molar-refractivity contribution in [1.82, 2.24) is 20.9 Å². The fourth-order valence-corrected chi connectivity index (χ4v) is 2.64. The summed E-state index contributed by atoms with van der Waals surface area (Å²) in [5.41, 5.74) is -0.458. The first-order valence-electron chi connectivity index (χ1n) is 9.44. The minimum absolute atomic E-state index is 0. The van der Waals surface area contributed by atoms with E-state index in [0.717, 1.165) is 37.9 Å². The maximum atomic E-state index is 11.5. The van der Waals surface area contributed by atoms with Gasteiger partial charge in [0.05, 0.1) is 0 Å². The molecule has 8 heteroatoms. The second-order valence-corrected chi connectivity index (χ2v) is 7.73. The molecular formula is C18H38IN5O2. The minimum atomic E-state index is -0.458. The third-order valence-electron chi connectivity index (χ3n) is 4.13. The van der Waals surface area contributed by atoms with Crippen LogP contribution in [0.2, 0.25) is 0 Å². The highest BCUT2D eigenvalue weighted by Crippen LogP contribution is 2.15. The molecule has 0 saturated carbocycles. The Morgan fingerprint density at radius 3 is 2.27 bits per heavy atom. The van der Waals surface area contributed by atoms with E-state index in [1.165, 1.54) is 25.9 Å². The van der Waals surface area contributed by atoms with Crippen LogP contribution >= 0.6 is 24.0 Å². The lowest BCUT2D eigenvalue weighted by Crippen LogP contribution is -2.43. The molecule has 0 unspecified atom stereocenters. The van der Waals surface area contributed by atoms with Crippen LogP contribution in [0.25, 0.3) is 0 Å². The van der Waals surface area contributed by atoms with Crippen molar-refractivity contribution in [1.29, 1.82) is 0 Å². The van der Waals surface area contributed by atoms with Crippen molar-refractivity contribution in [2.45, 2.75) is 52.6 Å². The number of amides is 1. The van der Waals surface area contributed by atoms with E-state index in [1.807, 2.05) is 20.8 Å². The van der Waals surface area contributed by atoms with Crippen LogP contribution in [0.3, 0.4) is 0 Å². The Kier molecular flexibility index (Phi) is 13.0. The molecule has 0 radical (unpaired) electrons. The summed E-state index contributed by atoms with van der Waals surface area (Å²) in [4.78, 5) is 18.3. The van der Waals surface area contributed by atoms with Crippen LogP contribution in [-0.4, -0.2) is 68.9 Å². The number of guanidine groups is 1. The normalized spacial score (nSPS) is 16.6. The zero-order valence-electron chi connectivity index (χ0n) is 17.1. The van der Waals surface area contributed by atoms with Gasteiger partial charge in [0, 0.05) is 33.2 Å². The summed E-state index contributed by atoms with van der Waals surface area (Å²) < 4.78 is 5.19. The van der Waals surface area contributed by atoms with Crippen molar-refractivity contribution in [2.75, 3.05) is 46.3 Å². The molecule has 3 N–H and O–H groups in total. The summed E-state index contributed by atoms with van der Waals surface area (Å²) in [6, 6.07) is 0. The van der Waals surface area contributed by atoms with Crippen molar-refractivity contribution in [3.05, 3.63) is 0 Å². The number of halogens is 1. The molecule has 1 rings (SSSR count). The lowest BCUT2D eigenvalue weighted by Gasteiger charge is -2.30. The van der Waals surface area contributed by atoms with E-state index < -0.39 is 5.60 Å². The smallest absolute Gasteiger partial charge is 0.407 e. The predicted molar refractivity (Wildman–Crippen MR) is 118 cm³/mol. The molecule has 0 aromatic heterocycles. The van der Waals surface area contributed by atoms with Crippen molar-refractivity contribution in [3.63, 3.8) is 0 Å². The number of ether oxygens (including phenoxy) is 1. The zero-order valence-corrected chi connectivity index (χ0v) is 19.4. The minimum Gasteiger partial charge on any atom is -0.444 e. The number of piperidine rings is 1. The molecule has 0 aliphatic carbocycles. The van der Waals surface area contributed by atoms with Gasteiger partial charge >= 0.3 is 6.09 Å². The number of aliphatic imine (C=N–C) groups is 1. The zero-order chi connectivity index (χ0) is 18.7. The average Bonchev–Trinajstić information content (AvgIpc) is 2.53. The summed E-state index contributed by atoms with van der Waals surface area (Å²) in [5, 5.41) is 9.36. The Labute approximate surface area is 176 Å². The third-order valence-corrected chi connectivity index (χ3v) is 4.13. The SMILES string of the molecule is CN=C(NCCCNC(=O)OC(C)(C)C)NCCN1CCC(C)CC1.I.